The van der Waals surface area contributed by atoms with E-state index >= 15 is 0 Å². The minimum absolute atomic E-state index is 0.174. The van der Waals surface area contributed by atoms with Crippen LogP contribution in [0, 0.1) is 0 Å². The molecule has 0 atom stereocenters. The Morgan fingerprint density at radius 2 is 1.70 bits per heavy atom. The molecule has 20 heavy (non-hydrogen) atoms. The third-order valence-corrected chi connectivity index (χ3v) is 3.60. The van der Waals surface area contributed by atoms with E-state index in [1.54, 1.807) is 0 Å². The van der Waals surface area contributed by atoms with Gasteiger partial charge >= 0.3 is 6.03 Å². The topological polar surface area (TPSA) is 47.6 Å². The first-order chi connectivity index (χ1) is 9.54. The molecule has 2 N–H and O–H groups in total. The number of urea groups is 1. The number of rotatable bonds is 3. The summed E-state index contributed by atoms with van der Waals surface area (Å²) in [6.07, 6.45) is 0. The first-order valence-corrected chi connectivity index (χ1v) is 7.15. The molecule has 0 saturated carbocycles. The summed E-state index contributed by atoms with van der Waals surface area (Å²) in [5, 5.41) is 4.82. The normalized spacial score (nSPS) is 17.2. The zero-order chi connectivity index (χ0) is 14.5. The summed E-state index contributed by atoms with van der Waals surface area (Å²) < 4.78 is 0. The van der Waals surface area contributed by atoms with Crippen LogP contribution in [-0.2, 0) is 0 Å². The number of carbonyl (C=O) groups excluding carboxylic acids is 1. The van der Waals surface area contributed by atoms with E-state index in [1.807, 2.05) is 17.1 Å². The van der Waals surface area contributed by atoms with E-state index in [-0.39, 0.29) is 6.03 Å². The Balaban J connectivity index is 1.82. The number of hydrogen-bond acceptors (Lipinski definition) is 3. The van der Waals surface area contributed by atoms with Crippen LogP contribution in [0.3, 0.4) is 0 Å². The van der Waals surface area contributed by atoms with E-state index in [4.69, 9.17) is 0 Å². The van der Waals surface area contributed by atoms with E-state index in [2.05, 4.69) is 48.7 Å². The van der Waals surface area contributed by atoms with Gasteiger partial charge in [-0.3, -0.25) is 5.43 Å². The van der Waals surface area contributed by atoms with Gasteiger partial charge in [0.1, 0.15) is 0 Å². The number of hydrazine groups is 1. The molecule has 1 aliphatic heterocycles. The van der Waals surface area contributed by atoms with Gasteiger partial charge in [0.25, 0.3) is 0 Å². The van der Waals surface area contributed by atoms with Gasteiger partial charge in [0.15, 0.2) is 0 Å². The Morgan fingerprint density at radius 1 is 1.10 bits per heavy atom. The van der Waals surface area contributed by atoms with Crippen molar-refractivity contribution in [1.82, 2.24) is 15.3 Å². The van der Waals surface area contributed by atoms with Crippen molar-refractivity contribution in [2.24, 2.45) is 0 Å². The fraction of sp³-hybridized carbons (Fsp3) is 0.533. The predicted molar refractivity (Wildman–Crippen MR) is 81.8 cm³/mol. The zero-order valence-corrected chi connectivity index (χ0v) is 12.5. The molecule has 1 saturated heterocycles. The monoisotopic (exact) mass is 276 g/mol. The Morgan fingerprint density at radius 3 is 2.25 bits per heavy atom. The van der Waals surface area contributed by atoms with Crippen molar-refractivity contribution >= 4 is 11.7 Å². The van der Waals surface area contributed by atoms with E-state index in [1.165, 1.54) is 5.56 Å². The number of amides is 2. The third kappa shape index (κ3) is 4.21. The molecule has 1 aromatic carbocycles. The lowest BCUT2D eigenvalue weighted by Gasteiger charge is -2.32. The highest BCUT2D eigenvalue weighted by molar-refractivity contribution is 5.88. The second-order valence-corrected chi connectivity index (χ2v) is 5.63. The first-order valence-electron chi connectivity index (χ1n) is 7.15. The summed E-state index contributed by atoms with van der Waals surface area (Å²) in [6, 6.07) is 7.82. The quantitative estimate of drug-likeness (QED) is 0.889. The van der Waals surface area contributed by atoms with Crippen molar-refractivity contribution in [2.75, 3.05) is 38.5 Å². The van der Waals surface area contributed by atoms with Crippen molar-refractivity contribution in [1.29, 1.82) is 0 Å². The van der Waals surface area contributed by atoms with Crippen LogP contribution in [0.2, 0.25) is 0 Å². The van der Waals surface area contributed by atoms with Gasteiger partial charge in [0.2, 0.25) is 0 Å². The molecule has 2 rings (SSSR count). The molecule has 0 bridgehead atoms. The maximum absolute atomic E-state index is 11.9. The zero-order valence-electron chi connectivity index (χ0n) is 12.5. The maximum Gasteiger partial charge on any atom is 0.333 e. The number of benzene rings is 1. The van der Waals surface area contributed by atoms with Crippen LogP contribution in [0.4, 0.5) is 10.5 Å². The molecule has 0 aliphatic carbocycles. The first kappa shape index (κ1) is 14.8. The fourth-order valence-corrected chi connectivity index (χ4v) is 2.17. The molecule has 0 unspecified atom stereocenters. The molecule has 0 radical (unpaired) electrons. The van der Waals surface area contributed by atoms with Crippen molar-refractivity contribution in [3.63, 3.8) is 0 Å². The number of carbonyl (C=O) groups is 1. The number of nitrogens with one attached hydrogen (secondary N) is 2. The largest absolute Gasteiger partial charge is 0.333 e. The number of likely N-dealkylation sites (N-methyl/N-ethyl adjacent to an activating group) is 1. The van der Waals surface area contributed by atoms with Crippen LogP contribution >= 0.6 is 0 Å². The highest BCUT2D eigenvalue weighted by Crippen LogP contribution is 2.16. The minimum Gasteiger partial charge on any atom is -0.307 e. The molecule has 1 aliphatic rings. The molecular weight excluding hydrogens is 252 g/mol. The van der Waals surface area contributed by atoms with Crippen molar-refractivity contribution in [3.8, 4) is 0 Å². The molecule has 110 valence electrons. The highest BCUT2D eigenvalue weighted by Gasteiger charge is 2.15. The maximum atomic E-state index is 11.9. The van der Waals surface area contributed by atoms with Gasteiger partial charge < -0.3 is 10.2 Å². The molecule has 1 aromatic rings. The second kappa shape index (κ2) is 6.72. The van der Waals surface area contributed by atoms with Gasteiger partial charge in [-0.05, 0) is 30.7 Å². The fourth-order valence-electron chi connectivity index (χ4n) is 2.17. The summed E-state index contributed by atoms with van der Waals surface area (Å²) in [5.41, 5.74) is 4.98. The van der Waals surface area contributed by atoms with Crippen LogP contribution in [0.25, 0.3) is 0 Å². The van der Waals surface area contributed by atoms with Crippen LogP contribution in [0.15, 0.2) is 24.3 Å². The molecule has 5 nitrogen and oxygen atoms in total. The van der Waals surface area contributed by atoms with E-state index in [9.17, 15) is 4.79 Å². The molecule has 0 spiro atoms. The Labute approximate surface area is 120 Å². The molecule has 5 heteroatoms. The van der Waals surface area contributed by atoms with Crippen LogP contribution in [0.1, 0.15) is 25.3 Å². The van der Waals surface area contributed by atoms with Crippen LogP contribution in [-0.4, -0.2) is 49.2 Å². The SMILES string of the molecule is CC(C)c1ccc(NC(=O)NN2CCN(C)CC2)cc1. The molecule has 2 amide bonds. The third-order valence-electron chi connectivity index (χ3n) is 3.60. The number of piperazine rings is 1. The number of nitrogens with zero attached hydrogens (tertiary/aromatic N) is 2. The Bertz CT molecular complexity index is 436. The Kier molecular flexibility index (Phi) is 4.98. The summed E-state index contributed by atoms with van der Waals surface area (Å²) in [5.74, 6) is 0.503. The van der Waals surface area contributed by atoms with Crippen molar-refractivity contribution < 1.29 is 4.79 Å². The molecule has 1 heterocycles. The van der Waals surface area contributed by atoms with Crippen LogP contribution < -0.4 is 10.7 Å². The second-order valence-electron chi connectivity index (χ2n) is 5.63. The van der Waals surface area contributed by atoms with Gasteiger partial charge in [-0.2, -0.15) is 0 Å². The summed E-state index contributed by atoms with van der Waals surface area (Å²) in [6.45, 7) is 7.98. The van der Waals surface area contributed by atoms with Crippen molar-refractivity contribution in [3.05, 3.63) is 29.8 Å². The number of anilines is 1. The molecular formula is C15H24N4O. The van der Waals surface area contributed by atoms with Gasteiger partial charge in [-0.1, -0.05) is 26.0 Å². The summed E-state index contributed by atoms with van der Waals surface area (Å²) in [4.78, 5) is 14.2. The number of hydrogen-bond donors (Lipinski definition) is 2. The van der Waals surface area contributed by atoms with E-state index < -0.39 is 0 Å². The predicted octanol–water partition coefficient (Wildman–Crippen LogP) is 2.09. The lowest BCUT2D eigenvalue weighted by molar-refractivity contribution is 0.116. The van der Waals surface area contributed by atoms with Gasteiger partial charge in [-0.15, -0.1) is 0 Å². The van der Waals surface area contributed by atoms with E-state index in [0.29, 0.717) is 5.92 Å². The standard InChI is InChI=1S/C15H24N4O/c1-12(2)13-4-6-14(7-5-13)16-15(20)17-19-10-8-18(3)9-11-19/h4-7,12H,8-11H2,1-3H3,(H2,16,17,20). The van der Waals surface area contributed by atoms with Gasteiger partial charge in [-0.25, -0.2) is 9.80 Å². The lowest BCUT2D eigenvalue weighted by Crippen LogP contribution is -2.53. The molecule has 1 fully saturated rings. The Hall–Kier alpha value is -1.59. The van der Waals surface area contributed by atoms with Crippen molar-refractivity contribution in [2.45, 2.75) is 19.8 Å². The van der Waals surface area contributed by atoms with Gasteiger partial charge in [0, 0.05) is 31.9 Å². The van der Waals surface area contributed by atoms with E-state index in [0.717, 1.165) is 31.9 Å². The lowest BCUT2D eigenvalue weighted by atomic mass is 10.0. The highest BCUT2D eigenvalue weighted by atomic mass is 16.2. The summed E-state index contributed by atoms with van der Waals surface area (Å²) in [7, 11) is 2.09. The average molecular weight is 276 g/mol. The average Bonchev–Trinajstić information content (AvgIpc) is 2.42. The van der Waals surface area contributed by atoms with Crippen LogP contribution in [0.5, 0.6) is 0 Å². The van der Waals surface area contributed by atoms with Gasteiger partial charge in [0.05, 0.1) is 0 Å². The minimum atomic E-state index is -0.174. The summed E-state index contributed by atoms with van der Waals surface area (Å²) >= 11 is 0. The smallest absolute Gasteiger partial charge is 0.307 e. The molecule has 0 aromatic heterocycles.